The maximum absolute atomic E-state index is 14.3. The van der Waals surface area contributed by atoms with Crippen LogP contribution in [-0.2, 0) is 0 Å². The minimum absolute atomic E-state index is 0.144. The van der Waals surface area contributed by atoms with Crippen molar-refractivity contribution in [3.8, 4) is 11.5 Å². The van der Waals surface area contributed by atoms with Gasteiger partial charge in [0.1, 0.15) is 17.3 Å². The van der Waals surface area contributed by atoms with Crippen molar-refractivity contribution in [3.63, 3.8) is 0 Å². The Morgan fingerprint density at radius 3 is 2.84 bits per heavy atom. The first kappa shape index (κ1) is 17.6. The molecule has 3 rings (SSSR count). The van der Waals surface area contributed by atoms with Gasteiger partial charge in [-0.25, -0.2) is 8.70 Å². The predicted molar refractivity (Wildman–Crippen MR) is 98.5 cm³/mol. The Labute approximate surface area is 153 Å². The number of H-pyrrole nitrogens is 1. The second-order valence-electron chi connectivity index (χ2n) is 5.43. The molecule has 3 aromatic rings. The summed E-state index contributed by atoms with van der Waals surface area (Å²) in [5.41, 5.74) is 0.822. The molecular weight excluding hydrogens is 365 g/mol. The zero-order chi connectivity index (χ0) is 18.0. The van der Waals surface area contributed by atoms with E-state index in [9.17, 15) is 9.18 Å². The summed E-state index contributed by atoms with van der Waals surface area (Å²) in [4.78, 5) is 15.1. The Morgan fingerprint density at radius 1 is 1.28 bits per heavy atom. The van der Waals surface area contributed by atoms with E-state index in [1.54, 1.807) is 24.5 Å². The zero-order valence-corrected chi connectivity index (χ0v) is 15.0. The number of carbonyl (C=O) groups excluding carboxylic acids is 1. The summed E-state index contributed by atoms with van der Waals surface area (Å²) in [6.45, 7) is 0. The number of aromatic amines is 1. The van der Waals surface area contributed by atoms with Crippen LogP contribution in [0.2, 0.25) is 5.02 Å². The van der Waals surface area contributed by atoms with Gasteiger partial charge in [0.2, 0.25) is 0 Å². The van der Waals surface area contributed by atoms with Crippen LogP contribution in [0.4, 0.5) is 4.39 Å². The van der Waals surface area contributed by atoms with E-state index in [0.717, 1.165) is 29.1 Å². The molecule has 5 nitrogen and oxygen atoms in total. The lowest BCUT2D eigenvalue weighted by Gasteiger charge is -2.12. The molecule has 0 aliphatic carbocycles. The molecule has 8 heteroatoms. The molecule has 0 radical (unpaired) electrons. The number of aromatic nitrogens is 1. The Balaban J connectivity index is 1.82. The molecule has 0 spiro atoms. The van der Waals surface area contributed by atoms with E-state index >= 15 is 0 Å². The summed E-state index contributed by atoms with van der Waals surface area (Å²) >= 11 is 7.21. The van der Waals surface area contributed by atoms with Gasteiger partial charge in [-0.3, -0.25) is 9.52 Å². The monoisotopic (exact) mass is 379 g/mol. The standard InChI is InChI=1S/C17H15ClFN3O2S/c1-22(2)25-21-17(23)12-8-13(18)16(9-14(12)19)24-11-3-4-15-10(7-11)5-6-20-15/h3-9,20H,1-2H3,(H,21,23). The van der Waals surface area contributed by atoms with Crippen LogP contribution in [0.25, 0.3) is 10.9 Å². The van der Waals surface area contributed by atoms with Gasteiger partial charge in [0.05, 0.1) is 10.6 Å². The molecule has 25 heavy (non-hydrogen) atoms. The highest BCUT2D eigenvalue weighted by atomic mass is 35.5. The minimum Gasteiger partial charge on any atom is -0.456 e. The lowest BCUT2D eigenvalue weighted by Crippen LogP contribution is -2.21. The van der Waals surface area contributed by atoms with E-state index in [1.165, 1.54) is 6.07 Å². The van der Waals surface area contributed by atoms with Gasteiger partial charge in [0, 0.05) is 35.3 Å². The van der Waals surface area contributed by atoms with Crippen LogP contribution in [0.1, 0.15) is 10.4 Å². The number of benzene rings is 2. The lowest BCUT2D eigenvalue weighted by molar-refractivity contribution is 0.0979. The van der Waals surface area contributed by atoms with Crippen molar-refractivity contribution in [1.29, 1.82) is 0 Å². The quantitative estimate of drug-likeness (QED) is 0.636. The topological polar surface area (TPSA) is 57.4 Å². The predicted octanol–water partition coefficient (Wildman–Crippen LogP) is 4.61. The molecule has 0 saturated heterocycles. The number of halogens is 2. The highest BCUT2D eigenvalue weighted by molar-refractivity contribution is 7.95. The fourth-order valence-corrected chi connectivity index (χ4v) is 2.77. The van der Waals surface area contributed by atoms with Gasteiger partial charge in [0.25, 0.3) is 5.91 Å². The van der Waals surface area contributed by atoms with Crippen LogP contribution in [0.15, 0.2) is 42.6 Å². The highest BCUT2D eigenvalue weighted by Crippen LogP contribution is 2.33. The maximum Gasteiger partial charge on any atom is 0.265 e. The van der Waals surface area contributed by atoms with Gasteiger partial charge in [-0.2, -0.15) is 0 Å². The molecule has 0 fully saturated rings. The smallest absolute Gasteiger partial charge is 0.265 e. The fourth-order valence-electron chi connectivity index (χ4n) is 2.19. The van der Waals surface area contributed by atoms with Crippen LogP contribution in [0.3, 0.4) is 0 Å². The Hall–Kier alpha value is -2.22. The summed E-state index contributed by atoms with van der Waals surface area (Å²) in [5, 5.41) is 1.11. The van der Waals surface area contributed by atoms with E-state index in [1.807, 2.05) is 24.4 Å². The van der Waals surface area contributed by atoms with Crippen LogP contribution < -0.4 is 9.46 Å². The normalized spacial score (nSPS) is 11.1. The zero-order valence-electron chi connectivity index (χ0n) is 13.5. The van der Waals surface area contributed by atoms with E-state index < -0.39 is 11.7 Å². The second kappa shape index (κ2) is 7.35. The molecular formula is C17H15ClFN3O2S. The summed E-state index contributed by atoms with van der Waals surface area (Å²) < 4.78 is 24.1. The van der Waals surface area contributed by atoms with Crippen LogP contribution >= 0.6 is 23.7 Å². The Kier molecular flexibility index (Phi) is 5.17. The van der Waals surface area contributed by atoms with Crippen molar-refractivity contribution in [2.75, 3.05) is 14.1 Å². The summed E-state index contributed by atoms with van der Waals surface area (Å²) in [6, 6.07) is 9.69. The summed E-state index contributed by atoms with van der Waals surface area (Å²) in [6.07, 6.45) is 1.82. The average Bonchev–Trinajstić information content (AvgIpc) is 3.03. The lowest BCUT2D eigenvalue weighted by atomic mass is 10.2. The first-order valence-electron chi connectivity index (χ1n) is 7.32. The molecule has 0 aliphatic heterocycles. The third-order valence-corrected chi connectivity index (χ3v) is 4.28. The number of nitrogens with zero attached hydrogens (tertiary/aromatic N) is 1. The first-order chi connectivity index (χ1) is 11.9. The number of rotatable bonds is 5. The van der Waals surface area contributed by atoms with Crippen molar-refractivity contribution in [1.82, 2.24) is 14.0 Å². The van der Waals surface area contributed by atoms with Gasteiger partial charge in [-0.1, -0.05) is 11.6 Å². The van der Waals surface area contributed by atoms with Crippen molar-refractivity contribution in [2.24, 2.45) is 0 Å². The molecule has 2 N–H and O–H groups in total. The average molecular weight is 380 g/mol. The van der Waals surface area contributed by atoms with Gasteiger partial charge >= 0.3 is 0 Å². The van der Waals surface area contributed by atoms with Gasteiger partial charge in [-0.15, -0.1) is 0 Å². The maximum atomic E-state index is 14.3. The van der Waals surface area contributed by atoms with Crippen LogP contribution in [-0.4, -0.2) is 29.3 Å². The van der Waals surface area contributed by atoms with Crippen molar-refractivity contribution >= 4 is 40.5 Å². The van der Waals surface area contributed by atoms with E-state index in [-0.39, 0.29) is 16.3 Å². The summed E-state index contributed by atoms with van der Waals surface area (Å²) in [7, 11) is 3.51. The van der Waals surface area contributed by atoms with Crippen LogP contribution in [0, 0.1) is 5.82 Å². The number of amides is 1. The van der Waals surface area contributed by atoms with Crippen molar-refractivity contribution < 1.29 is 13.9 Å². The van der Waals surface area contributed by atoms with Crippen molar-refractivity contribution in [2.45, 2.75) is 0 Å². The van der Waals surface area contributed by atoms with Crippen molar-refractivity contribution in [3.05, 3.63) is 59.0 Å². The number of nitrogens with one attached hydrogen (secondary N) is 2. The van der Waals surface area contributed by atoms with Gasteiger partial charge in [0.15, 0.2) is 0 Å². The fraction of sp³-hybridized carbons (Fsp3) is 0.118. The second-order valence-corrected chi connectivity index (χ2v) is 6.95. The highest BCUT2D eigenvalue weighted by Gasteiger charge is 2.17. The molecule has 0 saturated carbocycles. The van der Waals surface area contributed by atoms with Gasteiger partial charge < -0.3 is 9.72 Å². The minimum atomic E-state index is -0.709. The largest absolute Gasteiger partial charge is 0.456 e. The molecule has 1 heterocycles. The summed E-state index contributed by atoms with van der Waals surface area (Å²) in [5.74, 6) is -0.614. The number of carbonyl (C=O) groups is 1. The molecule has 130 valence electrons. The molecule has 0 unspecified atom stereocenters. The number of fused-ring (bicyclic) bond motifs is 1. The van der Waals surface area contributed by atoms with Crippen LogP contribution in [0.5, 0.6) is 11.5 Å². The van der Waals surface area contributed by atoms with Gasteiger partial charge in [-0.05, 0) is 44.4 Å². The van der Waals surface area contributed by atoms with E-state index in [4.69, 9.17) is 16.3 Å². The molecule has 1 amide bonds. The third-order valence-electron chi connectivity index (χ3n) is 3.34. The third kappa shape index (κ3) is 4.07. The number of hydrogen-bond acceptors (Lipinski definition) is 4. The first-order valence-corrected chi connectivity index (χ1v) is 8.48. The molecule has 0 aliphatic rings. The Morgan fingerprint density at radius 2 is 2.08 bits per heavy atom. The number of hydrogen-bond donors (Lipinski definition) is 2. The molecule has 1 aromatic heterocycles. The van der Waals surface area contributed by atoms with E-state index in [2.05, 4.69) is 9.71 Å². The van der Waals surface area contributed by atoms with E-state index in [0.29, 0.717) is 5.75 Å². The molecule has 0 bridgehead atoms. The Bertz CT molecular complexity index is 929. The number of ether oxygens (including phenoxy) is 1. The molecule has 2 aromatic carbocycles. The SMILES string of the molecule is CN(C)SNC(=O)c1cc(Cl)c(Oc2ccc3[nH]ccc3c2)cc1F. The molecule has 0 atom stereocenters.